The van der Waals surface area contributed by atoms with Gasteiger partial charge in [-0.25, -0.2) is 18.2 Å². The van der Waals surface area contributed by atoms with Gasteiger partial charge in [-0.3, -0.25) is 4.79 Å². The summed E-state index contributed by atoms with van der Waals surface area (Å²) in [6.07, 6.45) is -4.43. The lowest BCUT2D eigenvalue weighted by Crippen LogP contribution is -2.17. The Kier molecular flexibility index (Phi) is 6.12. The number of hydrogen-bond donors (Lipinski definition) is 1. The van der Waals surface area contributed by atoms with E-state index in [4.69, 9.17) is 9.47 Å². The van der Waals surface area contributed by atoms with Crippen molar-refractivity contribution in [3.05, 3.63) is 76.7 Å². The molecule has 1 aromatic heterocycles. The molecule has 0 bridgehead atoms. The number of carbonyl (C=O) groups excluding carboxylic acids is 1. The third-order valence-electron chi connectivity index (χ3n) is 5.46. The first-order chi connectivity index (χ1) is 16.4. The fraction of sp³-hybridized carbons (Fsp3) is 0.250. The van der Waals surface area contributed by atoms with E-state index >= 15 is 0 Å². The summed E-state index contributed by atoms with van der Waals surface area (Å²) in [4.78, 5) is 17.0. The zero-order valence-corrected chi connectivity index (χ0v) is 18.3. The van der Waals surface area contributed by atoms with Gasteiger partial charge in [0.1, 0.15) is 17.3 Å². The number of halogens is 6. The molecule has 0 aliphatic heterocycles. The first-order valence-corrected chi connectivity index (χ1v) is 10.3. The van der Waals surface area contributed by atoms with E-state index in [0.717, 1.165) is 18.2 Å². The van der Waals surface area contributed by atoms with Crippen molar-refractivity contribution in [2.45, 2.75) is 31.4 Å². The number of alkyl halides is 5. The number of hydrogen-bond acceptors (Lipinski definition) is 4. The number of benzene rings is 2. The lowest BCUT2D eigenvalue weighted by atomic mass is 9.97. The quantitative estimate of drug-likeness (QED) is 0.385. The molecular formula is C24H18F6N2O3. The van der Waals surface area contributed by atoms with Crippen LogP contribution >= 0.6 is 0 Å². The molecule has 5 nitrogen and oxygen atoms in total. The molecule has 1 atom stereocenters. The number of aromatic nitrogens is 1. The Bertz CT molecular complexity index is 1290. The molecule has 1 N–H and O–H groups in total. The van der Waals surface area contributed by atoms with Gasteiger partial charge in [0, 0.05) is 24.4 Å². The average Bonchev–Trinajstić information content (AvgIpc) is 3.42. The molecule has 3 aromatic rings. The van der Waals surface area contributed by atoms with Crippen LogP contribution in [0.3, 0.4) is 0 Å². The van der Waals surface area contributed by atoms with E-state index < -0.39 is 58.6 Å². The third kappa shape index (κ3) is 5.18. The zero-order chi connectivity index (χ0) is 25.5. The van der Waals surface area contributed by atoms with E-state index in [-0.39, 0.29) is 22.9 Å². The van der Waals surface area contributed by atoms with Crippen LogP contribution in [0, 0.1) is 12.7 Å². The van der Waals surface area contributed by atoms with Crippen LogP contribution in [0.5, 0.6) is 17.4 Å². The van der Waals surface area contributed by atoms with Crippen molar-refractivity contribution in [3.63, 3.8) is 0 Å². The summed E-state index contributed by atoms with van der Waals surface area (Å²) in [5.41, 5.74) is -2.00. The highest BCUT2D eigenvalue weighted by atomic mass is 19.4. The number of methoxy groups -OCH3 is 1. The standard InChI is InChI=1S/C24H18F6N2O3/c1-12-7-13(25)3-4-19(12)35-20-10-17(24(28,29)30)15(18-11-23(18,26)27)9-16(20)22(33)32-14-5-6-31-21(8-14)34-2/h3-10,18H,11H2,1-2H3,(H,31,32,33). The Morgan fingerprint density at radius 3 is 2.43 bits per heavy atom. The normalized spacial score (nSPS) is 16.5. The van der Waals surface area contributed by atoms with E-state index in [9.17, 15) is 31.1 Å². The number of amides is 1. The van der Waals surface area contributed by atoms with E-state index in [1.807, 2.05) is 0 Å². The highest BCUT2D eigenvalue weighted by Gasteiger charge is 2.59. The summed E-state index contributed by atoms with van der Waals surface area (Å²) in [5, 5.41) is 2.48. The molecule has 1 fully saturated rings. The third-order valence-corrected chi connectivity index (χ3v) is 5.46. The second kappa shape index (κ2) is 8.79. The molecule has 184 valence electrons. The number of anilines is 1. The van der Waals surface area contributed by atoms with Crippen LogP contribution < -0.4 is 14.8 Å². The van der Waals surface area contributed by atoms with Crippen LogP contribution in [-0.4, -0.2) is 23.9 Å². The molecule has 0 saturated heterocycles. The van der Waals surface area contributed by atoms with Crippen molar-refractivity contribution in [1.82, 2.24) is 4.98 Å². The molecule has 35 heavy (non-hydrogen) atoms. The molecule has 0 radical (unpaired) electrons. The van der Waals surface area contributed by atoms with Gasteiger partial charge in [0.15, 0.2) is 0 Å². The predicted octanol–water partition coefficient (Wildman–Crippen LogP) is 6.72. The fourth-order valence-electron chi connectivity index (χ4n) is 3.59. The monoisotopic (exact) mass is 496 g/mol. The van der Waals surface area contributed by atoms with Crippen LogP contribution in [0.25, 0.3) is 0 Å². The fourth-order valence-corrected chi connectivity index (χ4v) is 3.59. The number of rotatable bonds is 6. The average molecular weight is 496 g/mol. The van der Waals surface area contributed by atoms with Crippen LogP contribution in [0.2, 0.25) is 0 Å². The predicted molar refractivity (Wildman–Crippen MR) is 114 cm³/mol. The largest absolute Gasteiger partial charge is 0.481 e. The number of aryl methyl sites for hydroxylation is 1. The molecule has 11 heteroatoms. The Hall–Kier alpha value is -3.76. The maximum Gasteiger partial charge on any atom is 0.416 e. The first kappa shape index (κ1) is 24.4. The van der Waals surface area contributed by atoms with E-state index in [1.165, 1.54) is 38.4 Å². The van der Waals surface area contributed by atoms with Gasteiger partial charge in [-0.2, -0.15) is 13.2 Å². The van der Waals surface area contributed by atoms with Gasteiger partial charge < -0.3 is 14.8 Å². The summed E-state index contributed by atoms with van der Waals surface area (Å²) in [6, 6.07) is 7.39. The van der Waals surface area contributed by atoms with Crippen LogP contribution in [-0.2, 0) is 6.18 Å². The van der Waals surface area contributed by atoms with Gasteiger partial charge in [-0.15, -0.1) is 0 Å². The van der Waals surface area contributed by atoms with Crippen LogP contribution in [0.15, 0.2) is 48.7 Å². The minimum atomic E-state index is -4.99. The number of pyridine rings is 1. The summed E-state index contributed by atoms with van der Waals surface area (Å²) in [5.74, 6) is -6.89. The number of nitrogens with one attached hydrogen (secondary N) is 1. The number of nitrogens with zero attached hydrogens (tertiary/aromatic N) is 1. The van der Waals surface area contributed by atoms with Crippen LogP contribution in [0.1, 0.15) is 39.4 Å². The maximum absolute atomic E-state index is 13.8. The molecule has 1 amide bonds. The van der Waals surface area contributed by atoms with Gasteiger partial charge >= 0.3 is 6.18 Å². The van der Waals surface area contributed by atoms with Crippen LogP contribution in [0.4, 0.5) is 32.0 Å². The Balaban J connectivity index is 1.82. The topological polar surface area (TPSA) is 60.5 Å². The van der Waals surface area contributed by atoms with E-state index in [0.29, 0.717) is 6.07 Å². The van der Waals surface area contributed by atoms with Gasteiger partial charge in [0.2, 0.25) is 5.88 Å². The van der Waals surface area contributed by atoms with Gasteiger partial charge in [0.25, 0.3) is 11.8 Å². The molecule has 2 aromatic carbocycles. The van der Waals surface area contributed by atoms with Crippen molar-refractivity contribution < 1.29 is 40.6 Å². The van der Waals surface area contributed by atoms with Gasteiger partial charge in [-0.05, 0) is 54.4 Å². The molecule has 1 unspecified atom stereocenters. The minimum absolute atomic E-state index is 0.0105. The highest BCUT2D eigenvalue weighted by Crippen LogP contribution is 2.58. The van der Waals surface area contributed by atoms with Crippen molar-refractivity contribution in [2.75, 3.05) is 12.4 Å². The summed E-state index contributed by atoms with van der Waals surface area (Å²) in [6.45, 7) is 1.46. The van der Waals surface area contributed by atoms with Crippen molar-refractivity contribution in [1.29, 1.82) is 0 Å². The zero-order valence-electron chi connectivity index (χ0n) is 18.3. The SMILES string of the molecule is COc1cc(NC(=O)c2cc(C3CC3(F)F)c(C(F)(F)F)cc2Oc2ccc(F)cc2C)ccn1. The Labute approximate surface area is 195 Å². The highest BCUT2D eigenvalue weighted by molar-refractivity contribution is 6.06. The molecule has 0 spiro atoms. The summed E-state index contributed by atoms with van der Waals surface area (Å²) in [7, 11) is 1.35. The Morgan fingerprint density at radius 1 is 1.11 bits per heavy atom. The lowest BCUT2D eigenvalue weighted by molar-refractivity contribution is -0.138. The Morgan fingerprint density at radius 2 is 1.83 bits per heavy atom. The van der Waals surface area contributed by atoms with Crippen molar-refractivity contribution in [2.24, 2.45) is 0 Å². The second-order valence-corrected chi connectivity index (χ2v) is 8.00. The number of ether oxygens (including phenoxy) is 2. The van der Waals surface area contributed by atoms with Gasteiger partial charge in [0.05, 0.1) is 24.2 Å². The molecule has 1 heterocycles. The summed E-state index contributed by atoms with van der Waals surface area (Å²) >= 11 is 0. The van der Waals surface area contributed by atoms with E-state index in [2.05, 4.69) is 10.3 Å². The van der Waals surface area contributed by atoms with E-state index in [1.54, 1.807) is 0 Å². The second-order valence-electron chi connectivity index (χ2n) is 8.00. The van der Waals surface area contributed by atoms with Crippen molar-refractivity contribution >= 4 is 11.6 Å². The molecule has 1 aliphatic carbocycles. The molecule has 1 aliphatic rings. The number of carbonyl (C=O) groups is 1. The summed E-state index contributed by atoms with van der Waals surface area (Å²) < 4.78 is 93.1. The molecule has 4 rings (SSSR count). The lowest BCUT2D eigenvalue weighted by Gasteiger charge is -2.19. The smallest absolute Gasteiger partial charge is 0.416 e. The maximum atomic E-state index is 13.8. The minimum Gasteiger partial charge on any atom is -0.481 e. The first-order valence-electron chi connectivity index (χ1n) is 10.3. The molecular weight excluding hydrogens is 478 g/mol. The molecule has 1 saturated carbocycles. The van der Waals surface area contributed by atoms with Gasteiger partial charge in [-0.1, -0.05) is 0 Å². The van der Waals surface area contributed by atoms with Crippen molar-refractivity contribution in [3.8, 4) is 17.4 Å².